The minimum atomic E-state index is -1.75. The molecule has 4 N–H and O–H groups in total. The molecule has 3 atom stereocenters. The van der Waals surface area contributed by atoms with E-state index < -0.39 is 37.8 Å². The van der Waals surface area contributed by atoms with Gasteiger partial charge in [-0.2, -0.15) is 0 Å². The lowest BCUT2D eigenvalue weighted by atomic mass is 9.79. The summed E-state index contributed by atoms with van der Waals surface area (Å²) in [7, 11) is 12.0. The molecule has 12 nitrogen and oxygen atoms in total. The first-order valence-corrected chi connectivity index (χ1v) is 29.3. The van der Waals surface area contributed by atoms with Crippen LogP contribution in [0.4, 0.5) is 0 Å². The highest BCUT2D eigenvalue weighted by molar-refractivity contribution is 6.85. The monoisotopic (exact) mass is 915 g/mol. The van der Waals surface area contributed by atoms with Gasteiger partial charge in [0.2, 0.25) is 0 Å². The topological polar surface area (TPSA) is 143 Å². The van der Waals surface area contributed by atoms with Crippen LogP contribution in [0.25, 0.3) is 0 Å². The average molecular weight is 916 g/mol. The molecule has 62 heavy (non-hydrogen) atoms. The molecule has 0 heterocycles. The van der Waals surface area contributed by atoms with Crippen LogP contribution in [0.1, 0.15) is 125 Å². The molecule has 0 aliphatic rings. The maximum absolute atomic E-state index is 11.2. The standard InChI is InChI=1S/C14H32N2OSi.C13H28N2O.C11H26N2OSi.C10H20N2O/c1-9-18(10-2,11-3)14(6,17)13(16(7)8)15-12(4)5;1-9(2)13(16,10(3)4)12(15(7)8)14-11(5)6;1-9(2)12-10(13(4)5)11(3,14)15(6,7)8;1-7-10(4,13)9(12(5)6)11-8(2)3/h12,17H,9-11H2,1-8H3;9-11,16H,1-8H3;9,14H,1-8H3;7-8,13H,1H2,2-6H3. The first-order valence-electron chi connectivity index (χ1n) is 23.2. The molecule has 0 aliphatic carbocycles. The zero-order valence-corrected chi connectivity index (χ0v) is 48.2. The summed E-state index contributed by atoms with van der Waals surface area (Å²) in [5.41, 5.74) is -1.90. The molecule has 0 radical (unpaired) electrons. The van der Waals surface area contributed by atoms with Crippen molar-refractivity contribution in [2.45, 2.75) is 208 Å². The zero-order chi connectivity index (χ0) is 50.7. The van der Waals surface area contributed by atoms with Crippen LogP contribution in [0.3, 0.4) is 0 Å². The second kappa shape index (κ2) is 28.0. The minimum Gasteiger partial charge on any atom is -0.386 e. The maximum atomic E-state index is 11.2. The van der Waals surface area contributed by atoms with E-state index in [1.165, 1.54) is 6.08 Å². The van der Waals surface area contributed by atoms with E-state index in [1.54, 1.807) is 6.92 Å². The Morgan fingerprint density at radius 3 is 0.919 bits per heavy atom. The van der Waals surface area contributed by atoms with Crippen molar-refractivity contribution < 1.29 is 20.4 Å². The summed E-state index contributed by atoms with van der Waals surface area (Å²) in [6.07, 6.45) is 1.49. The summed E-state index contributed by atoms with van der Waals surface area (Å²) in [6.45, 7) is 46.6. The SMILES string of the molecule is C=CC(C)(O)C(=NC(C)C)N(C)C.CC(C)N=C(N(C)C)C(C)(O)[Si](C)(C)C.CC(C)N=C(N(C)C)C(O)(C(C)C)C(C)C.CC[Si](CC)(CC)C(C)(O)C(=NC(C)C)N(C)C. The van der Waals surface area contributed by atoms with Crippen LogP contribution in [-0.4, -0.2) is 182 Å². The van der Waals surface area contributed by atoms with E-state index in [4.69, 9.17) is 0 Å². The van der Waals surface area contributed by atoms with Gasteiger partial charge in [-0.1, -0.05) is 98.9 Å². The third-order valence-corrected chi connectivity index (χ3v) is 21.1. The molecule has 0 bridgehead atoms. The van der Waals surface area contributed by atoms with Gasteiger partial charge in [0.15, 0.2) is 0 Å². The number of hydrogen-bond acceptors (Lipinski definition) is 8. The van der Waals surface area contributed by atoms with Crippen molar-refractivity contribution in [1.29, 1.82) is 0 Å². The fourth-order valence-electron chi connectivity index (χ4n) is 7.24. The third-order valence-electron chi connectivity index (χ3n) is 11.6. The molecule has 3 unspecified atom stereocenters. The number of amidine groups is 4. The number of aliphatic imine (C=N–C) groups is 4. The molecule has 0 saturated heterocycles. The van der Waals surface area contributed by atoms with E-state index in [0.717, 1.165) is 35.6 Å². The number of rotatable bonds is 16. The number of aliphatic hydroxyl groups is 4. The largest absolute Gasteiger partial charge is 0.386 e. The zero-order valence-electron chi connectivity index (χ0n) is 46.2. The van der Waals surface area contributed by atoms with Crippen LogP contribution in [-0.2, 0) is 0 Å². The molecule has 14 heteroatoms. The highest BCUT2D eigenvalue weighted by atomic mass is 28.3. The number of hydrogen-bond donors (Lipinski definition) is 4. The Hall–Kier alpha value is -2.11. The van der Waals surface area contributed by atoms with Crippen molar-refractivity contribution >= 4 is 39.5 Å². The maximum Gasteiger partial charge on any atom is 0.136 e. The van der Waals surface area contributed by atoms with E-state index in [-0.39, 0.29) is 36.0 Å². The van der Waals surface area contributed by atoms with Crippen LogP contribution in [0.5, 0.6) is 0 Å². The van der Waals surface area contributed by atoms with E-state index >= 15 is 0 Å². The first-order chi connectivity index (χ1) is 27.6. The van der Waals surface area contributed by atoms with Crippen molar-refractivity contribution in [1.82, 2.24) is 19.6 Å². The summed E-state index contributed by atoms with van der Waals surface area (Å²) >= 11 is 0. The highest BCUT2D eigenvalue weighted by Crippen LogP contribution is 2.34. The fourth-order valence-corrected chi connectivity index (χ4v) is 12.5. The van der Waals surface area contributed by atoms with Crippen LogP contribution < -0.4 is 0 Å². The van der Waals surface area contributed by atoms with E-state index in [2.05, 4.69) is 80.8 Å². The van der Waals surface area contributed by atoms with Gasteiger partial charge >= 0.3 is 0 Å². The Labute approximate surface area is 387 Å². The summed E-state index contributed by atoms with van der Waals surface area (Å²) in [5.74, 6) is 3.37. The molecule has 0 aromatic carbocycles. The molecule has 0 spiro atoms. The molecule has 0 amide bonds. The van der Waals surface area contributed by atoms with Crippen LogP contribution in [0.15, 0.2) is 32.6 Å². The van der Waals surface area contributed by atoms with Gasteiger partial charge in [0.1, 0.15) is 45.0 Å². The lowest BCUT2D eigenvalue weighted by Crippen LogP contribution is -2.63. The van der Waals surface area contributed by atoms with Gasteiger partial charge in [0, 0.05) is 80.5 Å². The molecule has 0 aromatic rings. The first kappa shape index (κ1) is 66.5. The van der Waals surface area contributed by atoms with Gasteiger partial charge < -0.3 is 40.0 Å². The third kappa shape index (κ3) is 20.4. The summed E-state index contributed by atoms with van der Waals surface area (Å²) in [6, 6.07) is 4.08. The summed E-state index contributed by atoms with van der Waals surface area (Å²) < 4.78 is 0. The number of nitrogens with zero attached hydrogens (tertiary/aromatic N) is 8. The van der Waals surface area contributed by atoms with Gasteiger partial charge in [0.25, 0.3) is 0 Å². The van der Waals surface area contributed by atoms with Gasteiger partial charge in [-0.05, 0) is 88.0 Å². The average Bonchev–Trinajstić information content (AvgIpc) is 3.10. The lowest BCUT2D eigenvalue weighted by Gasteiger charge is -2.45. The molecule has 370 valence electrons. The van der Waals surface area contributed by atoms with E-state index in [0.29, 0.717) is 5.84 Å². The Morgan fingerprint density at radius 1 is 0.484 bits per heavy atom. The van der Waals surface area contributed by atoms with E-state index in [9.17, 15) is 20.4 Å². The molecular weight excluding hydrogens is 809 g/mol. The van der Waals surface area contributed by atoms with E-state index in [1.807, 2.05) is 159 Å². The minimum absolute atomic E-state index is 0.146. The highest BCUT2D eigenvalue weighted by Gasteiger charge is 2.49. The normalized spacial score (nSPS) is 16.4. The second-order valence-corrected chi connectivity index (χ2v) is 32.1. The molecule has 0 fully saturated rings. The lowest BCUT2D eigenvalue weighted by molar-refractivity contribution is 0.0101. The summed E-state index contributed by atoms with van der Waals surface area (Å²) in [5, 5.41) is 41.1. The predicted octanol–water partition coefficient (Wildman–Crippen LogP) is 8.83. The van der Waals surface area contributed by atoms with Crippen LogP contribution in [0.2, 0.25) is 37.8 Å². The van der Waals surface area contributed by atoms with Crippen molar-refractivity contribution in [2.24, 2.45) is 31.8 Å². The fraction of sp³-hybridized carbons (Fsp3) is 0.875. The Balaban J connectivity index is -0.000000364. The molecule has 0 aliphatic heterocycles. The molecular formula is C48H106N8O4Si2. The van der Waals surface area contributed by atoms with Crippen molar-refractivity contribution in [2.75, 3.05) is 56.4 Å². The van der Waals surface area contributed by atoms with Gasteiger partial charge in [-0.3, -0.25) is 20.0 Å². The van der Waals surface area contributed by atoms with Gasteiger partial charge in [-0.15, -0.1) is 0 Å². The van der Waals surface area contributed by atoms with Gasteiger partial charge in [-0.25, -0.2) is 0 Å². The smallest absolute Gasteiger partial charge is 0.136 e. The van der Waals surface area contributed by atoms with Crippen molar-refractivity contribution in [3.63, 3.8) is 0 Å². The summed E-state index contributed by atoms with van der Waals surface area (Å²) in [4.78, 5) is 25.8. The second-order valence-electron chi connectivity index (χ2n) is 21.0. The van der Waals surface area contributed by atoms with Crippen molar-refractivity contribution in [3.05, 3.63) is 12.7 Å². The Morgan fingerprint density at radius 2 is 0.726 bits per heavy atom. The van der Waals surface area contributed by atoms with Gasteiger partial charge in [0.05, 0.1) is 16.1 Å². The quantitative estimate of drug-likeness (QED) is 0.0521. The predicted molar refractivity (Wildman–Crippen MR) is 282 cm³/mol. The number of likely N-dealkylation sites (N-methyl/N-ethyl adjacent to an activating group) is 4. The van der Waals surface area contributed by atoms with Crippen LogP contribution in [0, 0.1) is 11.8 Å². The van der Waals surface area contributed by atoms with Crippen LogP contribution >= 0.6 is 0 Å². The molecule has 0 aromatic heterocycles. The Kier molecular flexibility index (Phi) is 30.1. The molecule has 0 rings (SSSR count). The van der Waals surface area contributed by atoms with Crippen molar-refractivity contribution in [3.8, 4) is 0 Å². The Bertz CT molecular complexity index is 1370. The molecule has 0 saturated carbocycles.